The quantitative estimate of drug-likeness (QED) is 0.621. The molecule has 0 heterocycles. The minimum atomic E-state index is -0.749. The minimum absolute atomic E-state index is 0.209. The third-order valence-corrected chi connectivity index (χ3v) is 3.45. The zero-order valence-electron chi connectivity index (χ0n) is 12.8. The summed E-state index contributed by atoms with van der Waals surface area (Å²) in [6.07, 6.45) is 9.38. The van der Waals surface area contributed by atoms with Crippen LogP contribution in [0.15, 0.2) is 30.3 Å². The molecule has 0 saturated carbocycles. The number of carbonyl (C=O) groups is 1. The number of aliphatic carboxylic acids is 1. The maximum atomic E-state index is 10.4. The van der Waals surface area contributed by atoms with Crippen LogP contribution in [0.1, 0.15) is 69.1 Å². The fourth-order valence-electron chi connectivity index (χ4n) is 2.21. The third-order valence-electron chi connectivity index (χ3n) is 3.45. The first-order valence-corrected chi connectivity index (χ1v) is 7.80. The fraction of sp³-hybridized carbons (Fsp3) is 0.500. The van der Waals surface area contributed by atoms with Gasteiger partial charge in [-0.1, -0.05) is 56.5 Å². The highest BCUT2D eigenvalue weighted by Gasteiger charge is 2.06. The maximum absolute atomic E-state index is 10.4. The van der Waals surface area contributed by atoms with E-state index in [0.717, 1.165) is 43.2 Å². The molecule has 0 amide bonds. The molecule has 0 spiro atoms. The van der Waals surface area contributed by atoms with Crippen LogP contribution in [0.4, 0.5) is 0 Å². The summed E-state index contributed by atoms with van der Waals surface area (Å²) in [6.45, 7) is 2.15. The Labute approximate surface area is 127 Å². The van der Waals surface area contributed by atoms with Crippen molar-refractivity contribution < 1.29 is 15.0 Å². The van der Waals surface area contributed by atoms with Gasteiger partial charge in [0, 0.05) is 6.42 Å². The summed E-state index contributed by atoms with van der Waals surface area (Å²) in [4.78, 5) is 10.4. The van der Waals surface area contributed by atoms with Crippen LogP contribution >= 0.6 is 0 Å². The van der Waals surface area contributed by atoms with Crippen molar-refractivity contribution in [3.8, 4) is 0 Å². The predicted molar refractivity (Wildman–Crippen MR) is 86.1 cm³/mol. The molecule has 1 aromatic rings. The number of aliphatic hydroxyl groups excluding tert-OH is 1. The molecular formula is C18H26O3. The molecular weight excluding hydrogens is 264 g/mol. The van der Waals surface area contributed by atoms with Crippen LogP contribution in [0.5, 0.6) is 0 Å². The highest BCUT2D eigenvalue weighted by molar-refractivity contribution is 5.66. The summed E-state index contributed by atoms with van der Waals surface area (Å²) >= 11 is 0. The monoisotopic (exact) mass is 290 g/mol. The van der Waals surface area contributed by atoms with Crippen LogP contribution in [-0.4, -0.2) is 16.2 Å². The average Bonchev–Trinajstić information content (AvgIpc) is 2.47. The first kappa shape index (κ1) is 17.4. The van der Waals surface area contributed by atoms with E-state index in [1.165, 1.54) is 0 Å². The molecule has 0 unspecified atom stereocenters. The number of rotatable bonds is 10. The molecule has 116 valence electrons. The second kappa shape index (κ2) is 10.2. The average molecular weight is 290 g/mol. The molecule has 0 aliphatic heterocycles. The lowest BCUT2D eigenvalue weighted by Gasteiger charge is -2.11. The van der Waals surface area contributed by atoms with E-state index in [4.69, 9.17) is 5.11 Å². The summed E-state index contributed by atoms with van der Waals surface area (Å²) in [5.74, 6) is -0.749. The van der Waals surface area contributed by atoms with Gasteiger partial charge in [0.15, 0.2) is 0 Å². The normalized spacial score (nSPS) is 12.7. The summed E-state index contributed by atoms with van der Waals surface area (Å²) < 4.78 is 0. The SMILES string of the molecule is CCCCC[C@H](O)c1cccc(C=CCCCC(=O)O)c1. The van der Waals surface area contributed by atoms with Crippen LogP contribution in [0, 0.1) is 0 Å². The van der Waals surface area contributed by atoms with Crippen molar-refractivity contribution in [1.82, 2.24) is 0 Å². The minimum Gasteiger partial charge on any atom is -0.481 e. The van der Waals surface area contributed by atoms with Gasteiger partial charge in [0.1, 0.15) is 0 Å². The van der Waals surface area contributed by atoms with Crippen molar-refractivity contribution in [2.45, 2.75) is 58.0 Å². The van der Waals surface area contributed by atoms with Gasteiger partial charge in [-0.05, 0) is 36.5 Å². The number of unbranched alkanes of at least 4 members (excludes halogenated alkanes) is 3. The van der Waals surface area contributed by atoms with Gasteiger partial charge in [-0.3, -0.25) is 4.79 Å². The Morgan fingerprint density at radius 2 is 2.10 bits per heavy atom. The van der Waals surface area contributed by atoms with Gasteiger partial charge in [0.2, 0.25) is 0 Å². The zero-order valence-corrected chi connectivity index (χ0v) is 12.8. The van der Waals surface area contributed by atoms with Gasteiger partial charge in [-0.15, -0.1) is 0 Å². The van der Waals surface area contributed by atoms with E-state index in [0.29, 0.717) is 6.42 Å². The van der Waals surface area contributed by atoms with Crippen molar-refractivity contribution in [2.75, 3.05) is 0 Å². The highest BCUT2D eigenvalue weighted by Crippen LogP contribution is 2.21. The maximum Gasteiger partial charge on any atom is 0.303 e. The van der Waals surface area contributed by atoms with E-state index in [9.17, 15) is 9.90 Å². The standard InChI is InChI=1S/C18H26O3/c1-2-3-5-12-17(19)16-11-8-10-15(14-16)9-6-4-7-13-18(20)21/h6,8-11,14,17,19H,2-5,7,12-13H2,1H3,(H,20,21)/t17-/m0/s1. The van der Waals surface area contributed by atoms with Crippen LogP contribution < -0.4 is 0 Å². The zero-order chi connectivity index (χ0) is 15.5. The van der Waals surface area contributed by atoms with Gasteiger partial charge in [-0.25, -0.2) is 0 Å². The molecule has 0 aromatic heterocycles. The second-order valence-corrected chi connectivity index (χ2v) is 5.37. The summed E-state index contributed by atoms with van der Waals surface area (Å²) in [5, 5.41) is 18.7. The van der Waals surface area contributed by atoms with Crippen molar-refractivity contribution in [1.29, 1.82) is 0 Å². The molecule has 2 N–H and O–H groups in total. The Kier molecular flexibility index (Phi) is 8.44. The molecule has 0 bridgehead atoms. The van der Waals surface area contributed by atoms with Gasteiger partial charge in [0.05, 0.1) is 6.10 Å². The Hall–Kier alpha value is -1.61. The molecule has 1 rings (SSSR count). The first-order valence-electron chi connectivity index (χ1n) is 7.80. The number of benzene rings is 1. The number of hydrogen-bond acceptors (Lipinski definition) is 2. The molecule has 0 saturated heterocycles. The molecule has 1 atom stereocenters. The molecule has 0 fully saturated rings. The van der Waals surface area contributed by atoms with Gasteiger partial charge >= 0.3 is 5.97 Å². The lowest BCUT2D eigenvalue weighted by Crippen LogP contribution is -1.97. The number of carboxylic acids is 1. The lowest BCUT2D eigenvalue weighted by atomic mass is 10.0. The van der Waals surface area contributed by atoms with Gasteiger partial charge in [-0.2, -0.15) is 0 Å². The lowest BCUT2D eigenvalue weighted by molar-refractivity contribution is -0.137. The van der Waals surface area contributed by atoms with Crippen molar-refractivity contribution in [3.05, 3.63) is 41.5 Å². The molecule has 0 radical (unpaired) electrons. The van der Waals surface area contributed by atoms with E-state index in [2.05, 4.69) is 6.92 Å². The molecule has 3 heteroatoms. The van der Waals surface area contributed by atoms with Crippen LogP contribution in [0.2, 0.25) is 0 Å². The van der Waals surface area contributed by atoms with E-state index in [-0.39, 0.29) is 6.42 Å². The van der Waals surface area contributed by atoms with E-state index in [1.54, 1.807) is 0 Å². The van der Waals surface area contributed by atoms with Crippen LogP contribution in [0.25, 0.3) is 6.08 Å². The summed E-state index contributed by atoms with van der Waals surface area (Å²) in [7, 11) is 0. The predicted octanol–water partition coefficient (Wildman–Crippen LogP) is 4.57. The Bertz CT molecular complexity index is 452. The van der Waals surface area contributed by atoms with Gasteiger partial charge in [0.25, 0.3) is 0 Å². The topological polar surface area (TPSA) is 57.5 Å². The number of hydrogen-bond donors (Lipinski definition) is 2. The van der Waals surface area contributed by atoms with Crippen molar-refractivity contribution in [2.24, 2.45) is 0 Å². The van der Waals surface area contributed by atoms with E-state index < -0.39 is 12.1 Å². The molecule has 0 aliphatic rings. The van der Waals surface area contributed by atoms with E-state index in [1.807, 2.05) is 36.4 Å². The Morgan fingerprint density at radius 3 is 2.81 bits per heavy atom. The summed E-state index contributed by atoms with van der Waals surface area (Å²) in [5.41, 5.74) is 2.01. The Morgan fingerprint density at radius 1 is 1.29 bits per heavy atom. The second-order valence-electron chi connectivity index (χ2n) is 5.37. The van der Waals surface area contributed by atoms with Crippen molar-refractivity contribution in [3.63, 3.8) is 0 Å². The van der Waals surface area contributed by atoms with E-state index >= 15 is 0 Å². The first-order chi connectivity index (χ1) is 10.1. The van der Waals surface area contributed by atoms with Crippen molar-refractivity contribution >= 4 is 12.0 Å². The molecule has 0 aliphatic carbocycles. The van der Waals surface area contributed by atoms with Gasteiger partial charge < -0.3 is 10.2 Å². The molecule has 21 heavy (non-hydrogen) atoms. The number of aliphatic hydroxyl groups is 1. The third kappa shape index (κ3) is 7.66. The largest absolute Gasteiger partial charge is 0.481 e. The fourth-order valence-corrected chi connectivity index (χ4v) is 2.21. The number of allylic oxidation sites excluding steroid dienone is 1. The number of carboxylic acid groups (broad SMARTS) is 1. The molecule has 1 aromatic carbocycles. The summed E-state index contributed by atoms with van der Waals surface area (Å²) in [6, 6.07) is 7.91. The molecule has 3 nitrogen and oxygen atoms in total. The highest BCUT2D eigenvalue weighted by atomic mass is 16.4. The smallest absolute Gasteiger partial charge is 0.303 e. The Balaban J connectivity index is 2.47. The van der Waals surface area contributed by atoms with Crippen LogP contribution in [-0.2, 0) is 4.79 Å². The van der Waals surface area contributed by atoms with Crippen LogP contribution in [0.3, 0.4) is 0 Å².